The third kappa shape index (κ3) is 3.49. The third-order valence-corrected chi connectivity index (χ3v) is 7.39. The van der Waals surface area contributed by atoms with Crippen molar-refractivity contribution in [1.29, 1.82) is 0 Å². The topological polar surface area (TPSA) is 53.1 Å². The van der Waals surface area contributed by atoms with Crippen LogP contribution in [0.3, 0.4) is 0 Å². The largest absolute Gasteiger partial charge is 0.492 e. The van der Waals surface area contributed by atoms with Crippen LogP contribution in [0.1, 0.15) is 18.9 Å². The summed E-state index contributed by atoms with van der Waals surface area (Å²) in [6.07, 6.45) is 0.692. The molecule has 0 aromatic heterocycles. The Morgan fingerprint density at radius 3 is 2.23 bits per heavy atom. The molecular formula is C22H26FN3O3S. The van der Waals surface area contributed by atoms with Gasteiger partial charge < -0.3 is 14.5 Å². The number of hydrogen-bond donors (Lipinski definition) is 0. The van der Waals surface area contributed by atoms with Crippen LogP contribution in [0, 0.1) is 5.82 Å². The number of benzene rings is 2. The first kappa shape index (κ1) is 20.5. The van der Waals surface area contributed by atoms with E-state index in [1.807, 2.05) is 13.0 Å². The second kappa shape index (κ2) is 8.18. The summed E-state index contributed by atoms with van der Waals surface area (Å²) >= 11 is 0. The third-order valence-electron chi connectivity index (χ3n) is 5.54. The first-order valence-corrected chi connectivity index (χ1v) is 11.6. The van der Waals surface area contributed by atoms with Crippen molar-refractivity contribution in [3.05, 3.63) is 65.7 Å². The van der Waals surface area contributed by atoms with Gasteiger partial charge in [0.1, 0.15) is 5.82 Å². The molecule has 0 radical (unpaired) electrons. The number of methoxy groups -OCH3 is 1. The first-order valence-electron chi connectivity index (χ1n) is 10.1. The van der Waals surface area contributed by atoms with Crippen molar-refractivity contribution >= 4 is 21.5 Å². The Kier molecular flexibility index (Phi) is 5.60. The van der Waals surface area contributed by atoms with Crippen LogP contribution in [0.15, 0.2) is 59.2 Å². The Bertz CT molecular complexity index is 1050. The fourth-order valence-electron chi connectivity index (χ4n) is 4.11. The van der Waals surface area contributed by atoms with E-state index in [1.54, 1.807) is 37.4 Å². The number of ether oxygens (including phenoxy) is 1. The number of halogens is 1. The van der Waals surface area contributed by atoms with Crippen molar-refractivity contribution in [2.75, 3.05) is 44.7 Å². The van der Waals surface area contributed by atoms with E-state index in [0.717, 1.165) is 5.69 Å². The van der Waals surface area contributed by atoms with Gasteiger partial charge in [-0.2, -0.15) is 0 Å². The van der Waals surface area contributed by atoms with Crippen LogP contribution in [0.25, 0.3) is 5.76 Å². The quantitative estimate of drug-likeness (QED) is 0.727. The van der Waals surface area contributed by atoms with Gasteiger partial charge in [-0.05, 0) is 42.8 Å². The molecular weight excluding hydrogens is 405 g/mol. The molecule has 0 amide bonds. The van der Waals surface area contributed by atoms with Gasteiger partial charge in [-0.1, -0.05) is 19.1 Å². The number of sulfonamides is 1. The number of anilines is 1. The van der Waals surface area contributed by atoms with Crippen LogP contribution >= 0.6 is 0 Å². The molecule has 0 saturated carbocycles. The molecule has 0 unspecified atom stereocenters. The van der Waals surface area contributed by atoms with Crippen molar-refractivity contribution < 1.29 is 17.5 Å². The van der Waals surface area contributed by atoms with Gasteiger partial charge in [0, 0.05) is 44.0 Å². The Morgan fingerprint density at radius 2 is 1.60 bits per heavy atom. The molecule has 1 fully saturated rings. The maximum atomic E-state index is 13.4. The molecule has 0 atom stereocenters. The summed E-state index contributed by atoms with van der Waals surface area (Å²) in [4.78, 5) is 4.55. The van der Waals surface area contributed by atoms with E-state index in [2.05, 4.69) is 9.80 Å². The lowest BCUT2D eigenvalue weighted by molar-refractivity contribution is 0.235. The van der Waals surface area contributed by atoms with Crippen LogP contribution in [0.4, 0.5) is 10.1 Å². The van der Waals surface area contributed by atoms with E-state index in [-0.39, 0.29) is 10.7 Å². The van der Waals surface area contributed by atoms with Gasteiger partial charge >= 0.3 is 0 Å². The predicted octanol–water partition coefficient (Wildman–Crippen LogP) is 3.33. The predicted molar refractivity (Wildman–Crippen MR) is 115 cm³/mol. The summed E-state index contributed by atoms with van der Waals surface area (Å²) < 4.78 is 47.3. The van der Waals surface area contributed by atoms with Crippen LogP contribution in [-0.2, 0) is 14.8 Å². The molecule has 2 aromatic carbocycles. The van der Waals surface area contributed by atoms with Gasteiger partial charge in [-0.3, -0.25) is 0 Å². The lowest BCUT2D eigenvalue weighted by atomic mass is 10.1. The standard InChI is InChI=1S/C22H26FN3O3S/c1-3-12-26-22(21(29-2)19-6-4-5-7-20(19)30(26,27)28)25-15-13-24(14-16-25)18-10-8-17(23)9-11-18/h4-11H,3,12-16H2,1-2H3. The molecule has 2 aliphatic rings. The molecule has 1 saturated heterocycles. The first-order chi connectivity index (χ1) is 14.5. The summed E-state index contributed by atoms with van der Waals surface area (Å²) in [5.41, 5.74) is 1.56. The second-order valence-electron chi connectivity index (χ2n) is 7.38. The molecule has 8 heteroatoms. The zero-order valence-electron chi connectivity index (χ0n) is 17.2. The highest BCUT2D eigenvalue weighted by Gasteiger charge is 2.40. The maximum Gasteiger partial charge on any atom is 0.266 e. The van der Waals surface area contributed by atoms with Crippen LogP contribution in [0.5, 0.6) is 0 Å². The van der Waals surface area contributed by atoms with Crippen LogP contribution < -0.4 is 4.90 Å². The SMILES string of the molecule is CCCN1C(N2CCN(c3ccc(F)cc3)CC2)=C(OC)c2ccccc2S1(=O)=O. The smallest absolute Gasteiger partial charge is 0.266 e. The molecule has 4 rings (SSSR count). The van der Waals surface area contributed by atoms with Crippen molar-refractivity contribution in [1.82, 2.24) is 9.21 Å². The minimum Gasteiger partial charge on any atom is -0.492 e. The van der Waals surface area contributed by atoms with Gasteiger partial charge in [-0.25, -0.2) is 17.1 Å². The highest BCUT2D eigenvalue weighted by molar-refractivity contribution is 7.89. The van der Waals surface area contributed by atoms with Crippen LogP contribution in [0.2, 0.25) is 0 Å². The fourth-order valence-corrected chi connectivity index (χ4v) is 5.88. The molecule has 0 aliphatic carbocycles. The summed E-state index contributed by atoms with van der Waals surface area (Å²) in [7, 11) is -2.07. The second-order valence-corrected chi connectivity index (χ2v) is 9.21. The van der Waals surface area contributed by atoms with E-state index in [9.17, 15) is 12.8 Å². The van der Waals surface area contributed by atoms with Crippen molar-refractivity contribution in [2.45, 2.75) is 18.2 Å². The van der Waals surface area contributed by atoms with Gasteiger partial charge in [0.05, 0.1) is 12.0 Å². The highest BCUT2D eigenvalue weighted by Crippen LogP contribution is 2.39. The van der Waals surface area contributed by atoms with Crippen molar-refractivity contribution in [2.24, 2.45) is 0 Å². The van der Waals surface area contributed by atoms with E-state index in [0.29, 0.717) is 56.3 Å². The molecule has 2 heterocycles. The zero-order valence-corrected chi connectivity index (χ0v) is 18.0. The number of hydrogen-bond acceptors (Lipinski definition) is 5. The summed E-state index contributed by atoms with van der Waals surface area (Å²) in [5.74, 6) is 0.939. The van der Waals surface area contributed by atoms with Gasteiger partial charge in [0.25, 0.3) is 10.0 Å². The van der Waals surface area contributed by atoms with Gasteiger partial charge in [0.15, 0.2) is 11.6 Å². The summed E-state index contributed by atoms with van der Waals surface area (Å²) in [6.45, 7) is 5.03. The zero-order chi connectivity index (χ0) is 21.3. The van der Waals surface area contributed by atoms with E-state index < -0.39 is 10.0 Å². The molecule has 0 spiro atoms. The highest BCUT2D eigenvalue weighted by atomic mass is 32.2. The number of fused-ring (bicyclic) bond motifs is 1. The molecule has 160 valence electrons. The number of nitrogens with zero attached hydrogens (tertiary/aromatic N) is 3. The lowest BCUT2D eigenvalue weighted by Crippen LogP contribution is -2.51. The maximum absolute atomic E-state index is 13.4. The van der Waals surface area contributed by atoms with E-state index >= 15 is 0 Å². The van der Waals surface area contributed by atoms with E-state index in [4.69, 9.17) is 4.74 Å². The summed E-state index contributed by atoms with van der Waals surface area (Å²) in [5, 5.41) is 0. The summed E-state index contributed by atoms with van der Waals surface area (Å²) in [6, 6.07) is 13.5. The Labute approximate surface area is 177 Å². The van der Waals surface area contributed by atoms with Gasteiger partial charge in [0.2, 0.25) is 0 Å². The normalized spacial score (nSPS) is 18.4. The minimum absolute atomic E-state index is 0.256. The molecule has 0 bridgehead atoms. The number of rotatable bonds is 5. The monoisotopic (exact) mass is 431 g/mol. The Balaban J connectivity index is 1.69. The number of piperazine rings is 1. The Hall–Kier alpha value is -2.74. The molecule has 0 N–H and O–H groups in total. The van der Waals surface area contributed by atoms with Crippen molar-refractivity contribution in [3.8, 4) is 0 Å². The fraction of sp³-hybridized carbons (Fsp3) is 0.364. The average Bonchev–Trinajstić information content (AvgIpc) is 2.76. The van der Waals surface area contributed by atoms with Gasteiger partial charge in [-0.15, -0.1) is 0 Å². The molecule has 2 aliphatic heterocycles. The molecule has 6 nitrogen and oxygen atoms in total. The van der Waals surface area contributed by atoms with Crippen LogP contribution in [-0.4, -0.2) is 57.5 Å². The Morgan fingerprint density at radius 1 is 0.967 bits per heavy atom. The minimum atomic E-state index is -3.66. The van der Waals surface area contributed by atoms with E-state index in [1.165, 1.54) is 16.4 Å². The lowest BCUT2D eigenvalue weighted by Gasteiger charge is -2.43. The molecule has 2 aromatic rings. The average molecular weight is 432 g/mol. The molecule has 30 heavy (non-hydrogen) atoms. The van der Waals surface area contributed by atoms with Crippen molar-refractivity contribution in [3.63, 3.8) is 0 Å².